The first-order valence-electron chi connectivity index (χ1n) is 5.14. The van der Waals surface area contributed by atoms with Gasteiger partial charge in [0.1, 0.15) is 0 Å². The normalized spacial score (nSPS) is 17.4. The highest BCUT2D eigenvalue weighted by Gasteiger charge is 2.71. The van der Waals surface area contributed by atoms with Crippen LogP contribution < -0.4 is 5.73 Å². The van der Waals surface area contributed by atoms with E-state index in [-0.39, 0.29) is 12.1 Å². The Labute approximate surface area is 130 Å². The molecule has 0 saturated carbocycles. The number of nitrogen functional groups attached to an aromatic ring is 1. The van der Waals surface area contributed by atoms with Crippen LogP contribution in [0.1, 0.15) is 5.56 Å². The molecule has 0 saturated heterocycles. The van der Waals surface area contributed by atoms with Crippen LogP contribution >= 0.6 is 15.9 Å². The summed E-state index contributed by atoms with van der Waals surface area (Å²) in [5, 5.41) is 0. The van der Waals surface area contributed by atoms with Gasteiger partial charge in [-0.3, -0.25) is 0 Å². The van der Waals surface area contributed by atoms with Gasteiger partial charge < -0.3 is 10.3 Å². The lowest BCUT2D eigenvalue weighted by Crippen LogP contribution is -2.49. The average Bonchev–Trinajstić information content (AvgIpc) is 2.34. The van der Waals surface area contributed by atoms with E-state index in [0.29, 0.717) is 6.07 Å². The number of hydrogen-bond donors (Lipinski definition) is 1. The van der Waals surface area contributed by atoms with E-state index < -0.39 is 49.8 Å². The smallest absolute Gasteiger partial charge is 0.433 e. The maximum absolute atomic E-state index is 14.1. The molecule has 0 fully saturated rings. The van der Waals surface area contributed by atoms with Crippen LogP contribution in [-0.4, -0.2) is 21.3 Å². The highest BCUT2D eigenvalue weighted by molar-refractivity contribution is 9.10. The number of nitrogens with two attached hydrogens (primary N) is 1. The first-order chi connectivity index (χ1) is 9.73. The summed E-state index contributed by atoms with van der Waals surface area (Å²) in [5.74, 6) is -3.54. The third-order valence-corrected chi connectivity index (χ3v) is 4.23. The number of alkyl halides is 9. The molecule has 2 atom stereocenters. The van der Waals surface area contributed by atoms with E-state index in [1.165, 1.54) is 15.9 Å². The quantitative estimate of drug-likeness (QED) is 0.342. The second kappa shape index (κ2) is 6.04. The lowest BCUT2D eigenvalue weighted by Gasteiger charge is -2.32. The standard InChI is InChI=1S/C10H6BrF8NOS/c11-9(15,16)8(14,10(17,18)19)4-1-2-5(20)6(3-4)22(21)7(12)13/h1-3,7H,20H2. The monoisotopic (exact) mass is 419 g/mol. The Morgan fingerprint density at radius 3 is 1.95 bits per heavy atom. The molecule has 0 spiro atoms. The Hall–Kier alpha value is -0.750. The molecule has 0 bridgehead atoms. The van der Waals surface area contributed by atoms with Crippen molar-refractivity contribution in [2.75, 3.05) is 5.73 Å². The minimum atomic E-state index is -6.08. The maximum atomic E-state index is 14.1. The fraction of sp³-hybridized carbons (Fsp3) is 0.400. The molecule has 0 radical (unpaired) electrons. The summed E-state index contributed by atoms with van der Waals surface area (Å²) in [6.07, 6.45) is -6.08. The Kier molecular flexibility index (Phi) is 5.30. The van der Waals surface area contributed by atoms with Gasteiger partial charge in [-0.2, -0.15) is 30.7 Å². The highest BCUT2D eigenvalue weighted by Crippen LogP contribution is 2.55. The van der Waals surface area contributed by atoms with Crippen LogP contribution in [0.5, 0.6) is 0 Å². The molecule has 126 valence electrons. The van der Waals surface area contributed by atoms with Crippen LogP contribution in [0, 0.1) is 0 Å². The highest BCUT2D eigenvalue weighted by atomic mass is 79.9. The van der Waals surface area contributed by atoms with Gasteiger partial charge in [-0.25, -0.2) is 4.39 Å². The van der Waals surface area contributed by atoms with Crippen molar-refractivity contribution in [3.63, 3.8) is 0 Å². The predicted molar refractivity (Wildman–Crippen MR) is 66.0 cm³/mol. The third kappa shape index (κ3) is 3.27. The topological polar surface area (TPSA) is 49.1 Å². The zero-order valence-electron chi connectivity index (χ0n) is 10.1. The lowest BCUT2D eigenvalue weighted by atomic mass is 9.95. The van der Waals surface area contributed by atoms with Crippen molar-refractivity contribution in [3.8, 4) is 0 Å². The number of halogens is 9. The van der Waals surface area contributed by atoms with E-state index in [4.69, 9.17) is 5.73 Å². The molecule has 2 unspecified atom stereocenters. The van der Waals surface area contributed by atoms with Crippen LogP contribution in [-0.2, 0) is 16.8 Å². The zero-order chi connectivity index (χ0) is 17.5. The van der Waals surface area contributed by atoms with Crippen LogP contribution in [0.15, 0.2) is 23.1 Å². The summed E-state index contributed by atoms with van der Waals surface area (Å²) in [4.78, 5) is -6.17. The lowest BCUT2D eigenvalue weighted by molar-refractivity contribution is -0.282. The van der Waals surface area contributed by atoms with Gasteiger partial charge in [0.2, 0.25) is 0 Å². The van der Waals surface area contributed by atoms with E-state index >= 15 is 0 Å². The van der Waals surface area contributed by atoms with Crippen molar-refractivity contribution in [2.24, 2.45) is 0 Å². The molecule has 0 aliphatic heterocycles. The molecule has 1 rings (SSSR count). The second-order valence-corrected chi connectivity index (χ2v) is 6.35. The van der Waals surface area contributed by atoms with E-state index in [1.54, 1.807) is 0 Å². The van der Waals surface area contributed by atoms with Gasteiger partial charge in [-0.1, -0.05) is 6.07 Å². The fourth-order valence-corrected chi connectivity index (χ4v) is 2.70. The molecule has 1 aromatic rings. The molecule has 0 heterocycles. The molecule has 22 heavy (non-hydrogen) atoms. The minimum absolute atomic E-state index is 0.0136. The van der Waals surface area contributed by atoms with Crippen molar-refractivity contribution >= 4 is 32.8 Å². The first-order valence-corrected chi connectivity index (χ1v) is 7.15. The molecule has 0 aliphatic rings. The molecule has 0 aromatic heterocycles. The van der Waals surface area contributed by atoms with Crippen molar-refractivity contribution in [1.82, 2.24) is 0 Å². The van der Waals surface area contributed by atoms with Crippen molar-refractivity contribution in [2.45, 2.75) is 27.3 Å². The average molecular weight is 420 g/mol. The molecule has 12 heteroatoms. The Morgan fingerprint density at radius 1 is 1.09 bits per heavy atom. The molecular weight excluding hydrogens is 414 g/mol. The summed E-state index contributed by atoms with van der Waals surface area (Å²) in [5.41, 5.74) is -2.42. The van der Waals surface area contributed by atoms with Gasteiger partial charge in [0.25, 0.3) is 0 Å². The Balaban J connectivity index is 3.57. The molecular formula is C10H6BrF8NOS. The summed E-state index contributed by atoms with van der Waals surface area (Å²) in [7, 11) is 0. The van der Waals surface area contributed by atoms with E-state index in [1.807, 2.05) is 0 Å². The van der Waals surface area contributed by atoms with Crippen LogP contribution in [0.4, 0.5) is 40.8 Å². The predicted octanol–water partition coefficient (Wildman–Crippen LogP) is 4.31. The van der Waals surface area contributed by atoms with Crippen LogP contribution in [0.25, 0.3) is 0 Å². The molecule has 2 N–H and O–H groups in total. The SMILES string of the molecule is Nc1ccc(C(F)(C(F)(F)F)C(F)(F)Br)cc1[S+]([O-])C(F)F. The number of anilines is 1. The van der Waals surface area contributed by atoms with Gasteiger partial charge in [0, 0.05) is 11.6 Å². The summed E-state index contributed by atoms with van der Waals surface area (Å²) in [6, 6.07) is 0.730. The summed E-state index contributed by atoms with van der Waals surface area (Å²) >= 11 is -1.90. The van der Waals surface area contributed by atoms with Crippen LogP contribution in [0.3, 0.4) is 0 Å². The van der Waals surface area contributed by atoms with Crippen molar-refractivity contribution in [3.05, 3.63) is 23.8 Å². The molecule has 1 aromatic carbocycles. The molecule has 0 aliphatic carbocycles. The van der Waals surface area contributed by atoms with Gasteiger partial charge >= 0.3 is 22.4 Å². The summed E-state index contributed by atoms with van der Waals surface area (Å²) in [6.45, 7) is 0. The van der Waals surface area contributed by atoms with E-state index in [0.717, 1.165) is 0 Å². The second-order valence-electron chi connectivity index (χ2n) is 3.96. The van der Waals surface area contributed by atoms with Crippen molar-refractivity contribution < 1.29 is 39.7 Å². The zero-order valence-corrected chi connectivity index (χ0v) is 12.5. The first kappa shape index (κ1) is 19.3. The van der Waals surface area contributed by atoms with Gasteiger partial charge in [0.15, 0.2) is 4.90 Å². The van der Waals surface area contributed by atoms with Gasteiger partial charge in [-0.05, 0) is 22.0 Å². The fourth-order valence-electron chi connectivity index (χ4n) is 1.51. The van der Waals surface area contributed by atoms with Gasteiger partial charge in [0.05, 0.1) is 16.9 Å². The molecule has 2 nitrogen and oxygen atoms in total. The Bertz CT molecular complexity index is 533. The number of rotatable bonds is 4. The van der Waals surface area contributed by atoms with Crippen LogP contribution in [0.2, 0.25) is 0 Å². The maximum Gasteiger partial charge on any atom is 0.433 e. The van der Waals surface area contributed by atoms with E-state index in [2.05, 4.69) is 0 Å². The summed E-state index contributed by atoms with van der Waals surface area (Å²) < 4.78 is 114. The minimum Gasteiger partial charge on any atom is -0.607 e. The van der Waals surface area contributed by atoms with Gasteiger partial charge in [-0.15, -0.1) is 0 Å². The number of hydrogen-bond acceptors (Lipinski definition) is 2. The van der Waals surface area contributed by atoms with Crippen molar-refractivity contribution in [1.29, 1.82) is 0 Å². The third-order valence-electron chi connectivity index (χ3n) is 2.57. The number of benzene rings is 1. The Morgan fingerprint density at radius 2 is 1.59 bits per heavy atom. The van der Waals surface area contributed by atoms with E-state index in [9.17, 15) is 39.7 Å². The largest absolute Gasteiger partial charge is 0.607 e. The molecule has 0 amide bonds.